The molecule has 168 valence electrons. The minimum absolute atomic E-state index is 0.0856. The van der Waals surface area contributed by atoms with Crippen molar-refractivity contribution in [1.82, 2.24) is 9.80 Å². The third-order valence-electron chi connectivity index (χ3n) is 6.20. The van der Waals surface area contributed by atoms with Crippen LogP contribution in [0.25, 0.3) is 0 Å². The number of nitrogens with zero attached hydrogens (tertiary/aromatic N) is 2. The number of hydrogen-bond donors (Lipinski definition) is 1. The number of carbonyl (C=O) groups is 2. The molecule has 1 saturated carbocycles. The van der Waals surface area contributed by atoms with Crippen LogP contribution in [0.15, 0.2) is 0 Å². The minimum Gasteiger partial charge on any atom is -0.444 e. The number of carbonyl (C=O) groups excluding carboxylic acids is 2. The first-order valence-electron chi connectivity index (χ1n) is 11.1. The van der Waals surface area contributed by atoms with Crippen LogP contribution >= 0.6 is 0 Å². The summed E-state index contributed by atoms with van der Waals surface area (Å²) < 4.78 is 5.55. The van der Waals surface area contributed by atoms with Crippen LogP contribution < -0.4 is 0 Å². The van der Waals surface area contributed by atoms with Crippen LogP contribution in [0.2, 0.25) is 0 Å². The molecule has 2 rings (SSSR count). The summed E-state index contributed by atoms with van der Waals surface area (Å²) in [5.74, 6) is 0.134. The van der Waals surface area contributed by atoms with E-state index in [2.05, 4.69) is 18.7 Å². The SMILES string of the molecule is CC1(C)CCC(N(C(=O)C(C)(C)C)[C@H]2CC(CO)N(C(=O)OC(C)(C)C)C2)CC1. The van der Waals surface area contributed by atoms with Crippen molar-refractivity contribution in [2.75, 3.05) is 13.2 Å². The van der Waals surface area contributed by atoms with Crippen molar-refractivity contribution in [3.8, 4) is 0 Å². The van der Waals surface area contributed by atoms with Gasteiger partial charge in [-0.2, -0.15) is 0 Å². The zero-order valence-corrected chi connectivity index (χ0v) is 19.7. The Morgan fingerprint density at radius 2 is 1.62 bits per heavy atom. The van der Waals surface area contributed by atoms with E-state index in [1.54, 1.807) is 4.90 Å². The van der Waals surface area contributed by atoms with Crippen molar-refractivity contribution in [1.29, 1.82) is 0 Å². The van der Waals surface area contributed by atoms with Crippen LogP contribution in [-0.4, -0.2) is 63.8 Å². The van der Waals surface area contributed by atoms with E-state index in [1.807, 2.05) is 41.5 Å². The molecule has 29 heavy (non-hydrogen) atoms. The van der Waals surface area contributed by atoms with Gasteiger partial charge in [0.1, 0.15) is 5.60 Å². The van der Waals surface area contributed by atoms with E-state index >= 15 is 0 Å². The quantitative estimate of drug-likeness (QED) is 0.757. The summed E-state index contributed by atoms with van der Waals surface area (Å²) in [6.07, 6.45) is 4.35. The second kappa shape index (κ2) is 8.44. The lowest BCUT2D eigenvalue weighted by atomic mass is 9.74. The molecule has 0 spiro atoms. The van der Waals surface area contributed by atoms with Crippen molar-refractivity contribution in [2.45, 2.75) is 111 Å². The van der Waals surface area contributed by atoms with Crippen molar-refractivity contribution in [2.24, 2.45) is 10.8 Å². The molecule has 0 radical (unpaired) electrons. The summed E-state index contributed by atoms with van der Waals surface area (Å²) >= 11 is 0. The van der Waals surface area contributed by atoms with Gasteiger partial charge >= 0.3 is 6.09 Å². The summed E-state index contributed by atoms with van der Waals surface area (Å²) in [6.45, 7) is 16.3. The molecule has 2 atom stereocenters. The predicted octanol–water partition coefficient (Wildman–Crippen LogP) is 4.20. The average Bonchev–Trinajstić information content (AvgIpc) is 2.98. The molecular formula is C23H42N2O4. The second-order valence-corrected chi connectivity index (χ2v) is 11.7. The molecule has 1 N–H and O–H groups in total. The van der Waals surface area contributed by atoms with Gasteiger partial charge in [-0.1, -0.05) is 34.6 Å². The fourth-order valence-electron chi connectivity index (χ4n) is 4.49. The van der Waals surface area contributed by atoms with Gasteiger partial charge in [-0.3, -0.25) is 4.79 Å². The molecule has 1 aliphatic carbocycles. The van der Waals surface area contributed by atoms with Crippen molar-refractivity contribution in [3.63, 3.8) is 0 Å². The van der Waals surface area contributed by atoms with Gasteiger partial charge in [-0.25, -0.2) is 4.79 Å². The van der Waals surface area contributed by atoms with Crippen LogP contribution in [0.5, 0.6) is 0 Å². The Balaban J connectivity index is 2.24. The van der Waals surface area contributed by atoms with Gasteiger partial charge in [0, 0.05) is 18.0 Å². The van der Waals surface area contributed by atoms with Crippen LogP contribution in [0.4, 0.5) is 4.79 Å². The lowest BCUT2D eigenvalue weighted by Crippen LogP contribution is -2.53. The number of hydrogen-bond acceptors (Lipinski definition) is 4. The Labute approximate surface area is 177 Å². The van der Waals surface area contributed by atoms with Gasteiger partial charge in [0.15, 0.2) is 0 Å². The van der Waals surface area contributed by atoms with Crippen molar-refractivity contribution < 1.29 is 19.4 Å². The number of rotatable bonds is 3. The van der Waals surface area contributed by atoms with Gasteiger partial charge in [0.05, 0.1) is 18.7 Å². The lowest BCUT2D eigenvalue weighted by Gasteiger charge is -2.45. The number of aliphatic hydroxyl groups excluding tert-OH is 1. The van der Waals surface area contributed by atoms with Gasteiger partial charge in [0.2, 0.25) is 5.91 Å². The molecule has 6 nitrogen and oxygen atoms in total. The summed E-state index contributed by atoms with van der Waals surface area (Å²) in [7, 11) is 0. The van der Waals surface area contributed by atoms with Crippen molar-refractivity contribution >= 4 is 12.0 Å². The first-order valence-corrected chi connectivity index (χ1v) is 11.1. The Bertz CT molecular complexity index is 593. The molecule has 0 bridgehead atoms. The number of ether oxygens (including phenoxy) is 1. The summed E-state index contributed by atoms with van der Waals surface area (Å²) in [5, 5.41) is 9.91. The molecule has 1 saturated heterocycles. The van der Waals surface area contributed by atoms with Crippen LogP contribution in [0, 0.1) is 10.8 Å². The molecule has 0 aromatic heterocycles. The first kappa shape index (κ1) is 24.0. The fourth-order valence-corrected chi connectivity index (χ4v) is 4.49. The monoisotopic (exact) mass is 410 g/mol. The van der Waals surface area contributed by atoms with Crippen LogP contribution in [0.1, 0.15) is 87.5 Å². The standard InChI is InChI=1S/C23H42N2O4/c1-21(2,3)19(27)25(16-9-11-23(7,8)12-10-16)17-13-18(15-26)24(14-17)20(28)29-22(4,5)6/h16-18,26H,9-15H2,1-8H3/t17-,18?/m0/s1. The van der Waals surface area contributed by atoms with Crippen molar-refractivity contribution in [3.05, 3.63) is 0 Å². The van der Waals surface area contributed by atoms with Gasteiger partial charge in [0.25, 0.3) is 0 Å². The van der Waals surface area contributed by atoms with E-state index in [1.165, 1.54) is 0 Å². The molecule has 1 aliphatic heterocycles. The Morgan fingerprint density at radius 3 is 2.07 bits per heavy atom. The van der Waals surface area contributed by atoms with Crippen LogP contribution in [-0.2, 0) is 9.53 Å². The average molecular weight is 411 g/mol. The highest BCUT2D eigenvalue weighted by molar-refractivity contribution is 5.82. The highest BCUT2D eigenvalue weighted by Gasteiger charge is 2.45. The molecule has 2 fully saturated rings. The normalized spacial score (nSPS) is 25.8. The zero-order chi connectivity index (χ0) is 22.2. The smallest absolute Gasteiger partial charge is 0.410 e. The van der Waals surface area contributed by atoms with E-state index < -0.39 is 17.1 Å². The highest BCUT2D eigenvalue weighted by Crippen LogP contribution is 2.40. The maximum atomic E-state index is 13.4. The maximum absolute atomic E-state index is 13.4. The Morgan fingerprint density at radius 1 is 1.07 bits per heavy atom. The molecule has 2 amide bonds. The van der Waals surface area contributed by atoms with Gasteiger partial charge in [-0.05, 0) is 58.3 Å². The molecular weight excluding hydrogens is 368 g/mol. The van der Waals surface area contributed by atoms with E-state index in [0.29, 0.717) is 18.4 Å². The van der Waals surface area contributed by atoms with E-state index in [9.17, 15) is 14.7 Å². The summed E-state index contributed by atoms with van der Waals surface area (Å²) in [4.78, 5) is 29.8. The van der Waals surface area contributed by atoms with Gasteiger partial charge in [-0.15, -0.1) is 0 Å². The first-order chi connectivity index (χ1) is 13.1. The lowest BCUT2D eigenvalue weighted by molar-refractivity contribution is -0.146. The Kier molecular flexibility index (Phi) is 6.98. The summed E-state index contributed by atoms with van der Waals surface area (Å²) in [6, 6.07) is -0.208. The number of amides is 2. The molecule has 6 heteroatoms. The second-order valence-electron chi connectivity index (χ2n) is 11.7. The minimum atomic E-state index is -0.592. The number of likely N-dealkylation sites (tertiary alicyclic amines) is 1. The highest BCUT2D eigenvalue weighted by atomic mass is 16.6. The Hall–Kier alpha value is -1.30. The molecule has 1 heterocycles. The molecule has 2 aliphatic rings. The summed E-state index contributed by atoms with van der Waals surface area (Å²) in [5.41, 5.74) is -0.759. The van der Waals surface area contributed by atoms with E-state index in [4.69, 9.17) is 4.74 Å². The molecule has 0 aromatic rings. The van der Waals surface area contributed by atoms with Gasteiger partial charge < -0.3 is 19.6 Å². The number of aliphatic hydroxyl groups is 1. The molecule has 1 unspecified atom stereocenters. The van der Waals surface area contributed by atoms with E-state index in [0.717, 1.165) is 25.7 Å². The zero-order valence-electron chi connectivity index (χ0n) is 19.7. The van der Waals surface area contributed by atoms with Crippen LogP contribution in [0.3, 0.4) is 0 Å². The third-order valence-corrected chi connectivity index (χ3v) is 6.20. The molecule has 0 aromatic carbocycles. The fraction of sp³-hybridized carbons (Fsp3) is 0.913. The topological polar surface area (TPSA) is 70.1 Å². The predicted molar refractivity (Wildman–Crippen MR) is 115 cm³/mol. The maximum Gasteiger partial charge on any atom is 0.410 e. The van der Waals surface area contributed by atoms with E-state index in [-0.39, 0.29) is 30.6 Å². The largest absolute Gasteiger partial charge is 0.444 e. The third kappa shape index (κ3) is 6.09.